The molecule has 0 spiro atoms. The molecule has 0 unspecified atom stereocenters. The second-order valence-corrected chi connectivity index (χ2v) is 12.0. The summed E-state index contributed by atoms with van der Waals surface area (Å²) in [5, 5.41) is 24.9. The SMILES string of the molecule is CC(=O)O[C@@H](C)C(=O)NCc1ccccc1-c1ccc([C@H]2O[C@@H](CSc3nnnn3C)[C@@H](C)[C@@H](c3ccc(CO)cc3)O2)cc1. The second kappa shape index (κ2) is 14.8. The number of carbonyl (C=O) groups is 2. The zero-order valence-electron chi connectivity index (χ0n) is 25.6. The van der Waals surface area contributed by atoms with Gasteiger partial charge in [0.05, 0.1) is 18.8 Å². The normalized spacial score (nSPS) is 20.4. The smallest absolute Gasteiger partial charge is 0.303 e. The zero-order chi connectivity index (χ0) is 31.9. The van der Waals surface area contributed by atoms with Gasteiger partial charge in [0.2, 0.25) is 5.16 Å². The van der Waals surface area contributed by atoms with Gasteiger partial charge in [-0.2, -0.15) is 0 Å². The van der Waals surface area contributed by atoms with Gasteiger partial charge in [-0.05, 0) is 45.2 Å². The number of aryl methyl sites for hydroxylation is 1. The number of benzene rings is 3. The van der Waals surface area contributed by atoms with Crippen LogP contribution in [0.4, 0.5) is 0 Å². The molecule has 1 aliphatic heterocycles. The van der Waals surface area contributed by atoms with Gasteiger partial charge in [0.1, 0.15) is 0 Å². The summed E-state index contributed by atoms with van der Waals surface area (Å²) in [7, 11) is 1.81. The molecule has 45 heavy (non-hydrogen) atoms. The molecule has 11 nitrogen and oxygen atoms in total. The molecule has 1 fully saturated rings. The number of tetrazole rings is 1. The van der Waals surface area contributed by atoms with E-state index in [1.165, 1.54) is 18.7 Å². The summed E-state index contributed by atoms with van der Waals surface area (Å²) in [5.41, 5.74) is 5.59. The van der Waals surface area contributed by atoms with Crippen LogP contribution in [-0.4, -0.2) is 55.2 Å². The highest BCUT2D eigenvalue weighted by Gasteiger charge is 2.38. The van der Waals surface area contributed by atoms with Crippen molar-refractivity contribution < 1.29 is 28.9 Å². The van der Waals surface area contributed by atoms with Gasteiger partial charge in [0.15, 0.2) is 12.4 Å². The Bertz CT molecular complexity index is 1600. The molecule has 1 amide bonds. The van der Waals surface area contributed by atoms with E-state index < -0.39 is 18.4 Å². The third-order valence-corrected chi connectivity index (χ3v) is 8.86. The molecule has 0 aliphatic carbocycles. The Hall–Kier alpha value is -4.10. The minimum Gasteiger partial charge on any atom is -0.453 e. The Morgan fingerprint density at radius 2 is 1.76 bits per heavy atom. The molecule has 0 saturated carbocycles. The van der Waals surface area contributed by atoms with Gasteiger partial charge < -0.3 is 24.6 Å². The van der Waals surface area contributed by atoms with E-state index in [0.29, 0.717) is 10.9 Å². The van der Waals surface area contributed by atoms with Crippen LogP contribution in [0.15, 0.2) is 78.0 Å². The van der Waals surface area contributed by atoms with Crippen LogP contribution in [0.1, 0.15) is 55.4 Å². The van der Waals surface area contributed by atoms with Crippen molar-refractivity contribution in [3.05, 3.63) is 95.1 Å². The van der Waals surface area contributed by atoms with Crippen LogP contribution in [0.5, 0.6) is 0 Å². The van der Waals surface area contributed by atoms with E-state index in [1.807, 2.05) is 79.8 Å². The quantitative estimate of drug-likeness (QED) is 0.180. The van der Waals surface area contributed by atoms with E-state index in [9.17, 15) is 14.7 Å². The van der Waals surface area contributed by atoms with Gasteiger partial charge >= 0.3 is 5.97 Å². The number of nitrogens with one attached hydrogen (secondary N) is 1. The van der Waals surface area contributed by atoms with Crippen LogP contribution in [0.2, 0.25) is 0 Å². The van der Waals surface area contributed by atoms with E-state index in [4.69, 9.17) is 14.2 Å². The number of hydrogen-bond acceptors (Lipinski definition) is 10. The summed E-state index contributed by atoms with van der Waals surface area (Å²) in [6, 6.07) is 23.7. The molecular weight excluding hydrogens is 594 g/mol. The third-order valence-electron chi connectivity index (χ3n) is 7.76. The van der Waals surface area contributed by atoms with Gasteiger partial charge in [0.25, 0.3) is 5.91 Å². The molecule has 3 aromatic carbocycles. The molecule has 2 heterocycles. The number of aliphatic hydroxyl groups is 1. The third kappa shape index (κ3) is 7.95. The first kappa shape index (κ1) is 32.3. The molecule has 1 aliphatic rings. The maximum atomic E-state index is 12.4. The average molecular weight is 632 g/mol. The molecule has 4 aromatic rings. The summed E-state index contributed by atoms with van der Waals surface area (Å²) in [5.74, 6) is -0.203. The number of thioether (sulfide) groups is 1. The number of amides is 1. The van der Waals surface area contributed by atoms with Gasteiger partial charge in [-0.25, -0.2) is 4.68 Å². The Balaban J connectivity index is 1.34. The zero-order valence-corrected chi connectivity index (χ0v) is 26.4. The van der Waals surface area contributed by atoms with Gasteiger partial charge in [-0.1, -0.05) is 91.5 Å². The standard InChI is InChI=1S/C33H37N5O6S/c1-20-29(19-45-33-35-36-37-38(33)4)43-32(44-30(20)25-11-9-23(18-39)10-12-25)26-15-13-24(14-16-26)28-8-6-5-7-27(28)17-34-31(41)21(2)42-22(3)40/h5-16,20-21,29-30,32,39H,17-19H2,1-4H3,(H,34,41)/t20-,21+,29+,30+,32+/m1/s1. The Labute approximate surface area is 266 Å². The molecule has 0 bridgehead atoms. The average Bonchev–Trinajstić information content (AvgIpc) is 3.47. The molecule has 236 valence electrons. The van der Waals surface area contributed by atoms with Crippen LogP contribution in [0, 0.1) is 5.92 Å². The van der Waals surface area contributed by atoms with Crippen LogP contribution in [0.3, 0.4) is 0 Å². The van der Waals surface area contributed by atoms with Gasteiger partial charge in [-0.3, -0.25) is 9.59 Å². The van der Waals surface area contributed by atoms with Crippen molar-refractivity contribution in [3.8, 4) is 11.1 Å². The monoisotopic (exact) mass is 631 g/mol. The summed E-state index contributed by atoms with van der Waals surface area (Å²) >= 11 is 1.54. The van der Waals surface area contributed by atoms with Crippen molar-refractivity contribution in [2.24, 2.45) is 13.0 Å². The lowest BCUT2D eigenvalue weighted by Gasteiger charge is -2.41. The molecule has 1 aromatic heterocycles. The molecule has 1 saturated heterocycles. The largest absolute Gasteiger partial charge is 0.453 e. The predicted octanol–water partition coefficient (Wildman–Crippen LogP) is 4.52. The molecule has 5 atom stereocenters. The summed E-state index contributed by atoms with van der Waals surface area (Å²) in [6.07, 6.45) is -1.88. The highest BCUT2D eigenvalue weighted by Crippen LogP contribution is 2.43. The minimum atomic E-state index is -0.872. The number of aromatic nitrogens is 4. The van der Waals surface area contributed by atoms with E-state index in [2.05, 4.69) is 27.8 Å². The number of carbonyl (C=O) groups excluding carboxylic acids is 2. The molecule has 2 N–H and O–H groups in total. The number of aliphatic hydroxyl groups excluding tert-OH is 1. The maximum absolute atomic E-state index is 12.4. The first-order valence-electron chi connectivity index (χ1n) is 14.7. The molecule has 0 radical (unpaired) electrons. The topological polar surface area (TPSA) is 138 Å². The Morgan fingerprint density at radius 3 is 2.42 bits per heavy atom. The maximum Gasteiger partial charge on any atom is 0.303 e. The number of esters is 1. The van der Waals surface area contributed by atoms with E-state index >= 15 is 0 Å². The number of nitrogens with zero attached hydrogens (tertiary/aromatic N) is 4. The lowest BCUT2D eigenvalue weighted by atomic mass is 9.91. The lowest BCUT2D eigenvalue weighted by Crippen LogP contribution is -2.38. The Morgan fingerprint density at radius 1 is 1.04 bits per heavy atom. The lowest BCUT2D eigenvalue weighted by molar-refractivity contribution is -0.268. The van der Waals surface area contributed by atoms with Crippen molar-refractivity contribution in [1.82, 2.24) is 25.5 Å². The minimum absolute atomic E-state index is 0.0205. The van der Waals surface area contributed by atoms with Gasteiger partial charge in [0, 0.05) is 37.8 Å². The van der Waals surface area contributed by atoms with Crippen molar-refractivity contribution in [3.63, 3.8) is 0 Å². The molecule has 5 rings (SSSR count). The van der Waals surface area contributed by atoms with Crippen molar-refractivity contribution in [2.75, 3.05) is 5.75 Å². The fourth-order valence-corrected chi connectivity index (χ4v) is 6.23. The van der Waals surface area contributed by atoms with E-state index in [-0.39, 0.29) is 37.2 Å². The molecule has 12 heteroatoms. The Kier molecular flexibility index (Phi) is 10.6. The molecular formula is C33H37N5O6S. The van der Waals surface area contributed by atoms with E-state index in [1.54, 1.807) is 11.6 Å². The van der Waals surface area contributed by atoms with Gasteiger partial charge in [-0.15, -0.1) is 5.10 Å². The van der Waals surface area contributed by atoms with E-state index in [0.717, 1.165) is 33.4 Å². The highest BCUT2D eigenvalue weighted by atomic mass is 32.2. The fourth-order valence-electron chi connectivity index (χ4n) is 5.21. The van der Waals surface area contributed by atoms with Crippen LogP contribution >= 0.6 is 11.8 Å². The van der Waals surface area contributed by atoms with Crippen molar-refractivity contribution >= 4 is 23.6 Å². The number of rotatable bonds is 11. The second-order valence-electron chi connectivity index (χ2n) is 11.0. The predicted molar refractivity (Wildman–Crippen MR) is 167 cm³/mol. The van der Waals surface area contributed by atoms with Crippen LogP contribution in [-0.2, 0) is 44.0 Å². The fraction of sp³-hybridized carbons (Fsp3) is 0.364. The van der Waals surface area contributed by atoms with Crippen molar-refractivity contribution in [2.45, 2.75) is 63.7 Å². The number of ether oxygens (including phenoxy) is 3. The summed E-state index contributed by atoms with van der Waals surface area (Å²) < 4.78 is 19.8. The summed E-state index contributed by atoms with van der Waals surface area (Å²) in [4.78, 5) is 23.6. The van der Waals surface area contributed by atoms with Crippen LogP contribution < -0.4 is 5.32 Å². The first-order chi connectivity index (χ1) is 21.7. The highest BCUT2D eigenvalue weighted by molar-refractivity contribution is 7.99. The van der Waals surface area contributed by atoms with Crippen molar-refractivity contribution in [1.29, 1.82) is 0 Å². The number of hydrogen-bond donors (Lipinski definition) is 2. The van der Waals surface area contributed by atoms with Crippen LogP contribution in [0.25, 0.3) is 11.1 Å². The summed E-state index contributed by atoms with van der Waals surface area (Å²) in [6.45, 7) is 5.20. The first-order valence-corrected chi connectivity index (χ1v) is 15.7.